The summed E-state index contributed by atoms with van der Waals surface area (Å²) in [5.74, 6) is 5.86. The quantitative estimate of drug-likeness (QED) is 0.801. The molecule has 0 fully saturated rings. The van der Waals surface area contributed by atoms with E-state index in [-0.39, 0.29) is 6.04 Å². The van der Waals surface area contributed by atoms with E-state index in [1.807, 2.05) is 19.1 Å². The molecule has 0 spiro atoms. The molecular weight excluding hydrogens is 222 g/mol. The smallest absolute Gasteiger partial charge is 0.0702 e. The SMILES string of the molecule is CC#CCNC(CN)c1ccc2ncccc2c1. The molecule has 0 bridgehead atoms. The summed E-state index contributed by atoms with van der Waals surface area (Å²) >= 11 is 0. The third-order valence-corrected chi connectivity index (χ3v) is 2.88. The van der Waals surface area contributed by atoms with Gasteiger partial charge in [-0.15, -0.1) is 5.92 Å². The molecule has 0 aliphatic heterocycles. The molecule has 18 heavy (non-hydrogen) atoms. The Morgan fingerprint density at radius 2 is 2.28 bits per heavy atom. The Morgan fingerprint density at radius 1 is 1.39 bits per heavy atom. The minimum Gasteiger partial charge on any atom is -0.329 e. The minimum atomic E-state index is 0.135. The van der Waals surface area contributed by atoms with Crippen LogP contribution in [0, 0.1) is 11.8 Å². The molecule has 0 amide bonds. The number of nitrogens with one attached hydrogen (secondary N) is 1. The maximum Gasteiger partial charge on any atom is 0.0702 e. The zero-order valence-corrected chi connectivity index (χ0v) is 10.5. The van der Waals surface area contributed by atoms with Crippen LogP contribution in [0.5, 0.6) is 0 Å². The van der Waals surface area contributed by atoms with Gasteiger partial charge >= 0.3 is 0 Å². The van der Waals surface area contributed by atoms with E-state index in [1.165, 1.54) is 5.56 Å². The first-order chi connectivity index (χ1) is 8.85. The highest BCUT2D eigenvalue weighted by Gasteiger charge is 2.08. The van der Waals surface area contributed by atoms with Gasteiger partial charge in [0.25, 0.3) is 0 Å². The Bertz CT molecular complexity index is 581. The van der Waals surface area contributed by atoms with E-state index in [0.29, 0.717) is 13.1 Å². The molecule has 0 saturated heterocycles. The van der Waals surface area contributed by atoms with E-state index in [4.69, 9.17) is 5.73 Å². The summed E-state index contributed by atoms with van der Waals surface area (Å²) in [5.41, 5.74) is 7.99. The van der Waals surface area contributed by atoms with E-state index in [2.05, 4.69) is 40.3 Å². The van der Waals surface area contributed by atoms with Crippen LogP contribution in [-0.4, -0.2) is 18.1 Å². The number of hydrogen-bond donors (Lipinski definition) is 2. The number of hydrogen-bond acceptors (Lipinski definition) is 3. The highest BCUT2D eigenvalue weighted by molar-refractivity contribution is 5.79. The number of nitrogens with two attached hydrogens (primary N) is 1. The van der Waals surface area contributed by atoms with Gasteiger partial charge in [-0.1, -0.05) is 18.1 Å². The van der Waals surface area contributed by atoms with Crippen molar-refractivity contribution in [2.45, 2.75) is 13.0 Å². The molecule has 2 aromatic rings. The second-order valence-electron chi connectivity index (χ2n) is 4.05. The molecular formula is C15H17N3. The van der Waals surface area contributed by atoms with E-state index in [1.54, 1.807) is 6.20 Å². The third kappa shape index (κ3) is 2.86. The lowest BCUT2D eigenvalue weighted by Crippen LogP contribution is -2.28. The van der Waals surface area contributed by atoms with Gasteiger partial charge in [-0.25, -0.2) is 0 Å². The van der Waals surface area contributed by atoms with E-state index in [9.17, 15) is 0 Å². The molecule has 92 valence electrons. The number of nitrogens with zero attached hydrogens (tertiary/aromatic N) is 1. The molecule has 1 aromatic carbocycles. The van der Waals surface area contributed by atoms with E-state index >= 15 is 0 Å². The van der Waals surface area contributed by atoms with Crippen molar-refractivity contribution in [1.82, 2.24) is 10.3 Å². The van der Waals surface area contributed by atoms with Crippen molar-refractivity contribution in [1.29, 1.82) is 0 Å². The fourth-order valence-electron chi connectivity index (χ4n) is 1.91. The average molecular weight is 239 g/mol. The Hall–Kier alpha value is -1.89. The normalized spacial score (nSPS) is 11.9. The second-order valence-corrected chi connectivity index (χ2v) is 4.05. The van der Waals surface area contributed by atoms with Crippen molar-refractivity contribution in [3.63, 3.8) is 0 Å². The maximum absolute atomic E-state index is 5.80. The van der Waals surface area contributed by atoms with Crippen LogP contribution >= 0.6 is 0 Å². The number of benzene rings is 1. The average Bonchev–Trinajstić information content (AvgIpc) is 2.43. The van der Waals surface area contributed by atoms with E-state index in [0.717, 1.165) is 10.9 Å². The Kier molecular flexibility index (Phi) is 4.30. The largest absolute Gasteiger partial charge is 0.329 e. The van der Waals surface area contributed by atoms with Crippen LogP contribution in [0.2, 0.25) is 0 Å². The van der Waals surface area contributed by atoms with Gasteiger partial charge in [0, 0.05) is 24.2 Å². The highest BCUT2D eigenvalue weighted by Crippen LogP contribution is 2.18. The predicted octanol–water partition coefficient (Wildman–Crippen LogP) is 1.85. The summed E-state index contributed by atoms with van der Waals surface area (Å²) < 4.78 is 0. The summed E-state index contributed by atoms with van der Waals surface area (Å²) in [7, 11) is 0. The first-order valence-corrected chi connectivity index (χ1v) is 6.03. The molecule has 1 aromatic heterocycles. The minimum absolute atomic E-state index is 0.135. The molecule has 0 aliphatic rings. The van der Waals surface area contributed by atoms with Gasteiger partial charge in [0.05, 0.1) is 12.1 Å². The van der Waals surface area contributed by atoms with Crippen LogP contribution in [0.25, 0.3) is 10.9 Å². The van der Waals surface area contributed by atoms with Crippen LogP contribution in [0.3, 0.4) is 0 Å². The van der Waals surface area contributed by atoms with Crippen LogP contribution < -0.4 is 11.1 Å². The first-order valence-electron chi connectivity index (χ1n) is 6.03. The molecule has 1 atom stereocenters. The predicted molar refractivity (Wildman–Crippen MR) is 75.0 cm³/mol. The number of fused-ring (bicyclic) bond motifs is 1. The third-order valence-electron chi connectivity index (χ3n) is 2.88. The lowest BCUT2D eigenvalue weighted by molar-refractivity contribution is 0.582. The van der Waals surface area contributed by atoms with Gasteiger partial charge in [-0.05, 0) is 30.7 Å². The van der Waals surface area contributed by atoms with Crippen molar-refractivity contribution in [2.75, 3.05) is 13.1 Å². The fourth-order valence-corrected chi connectivity index (χ4v) is 1.91. The summed E-state index contributed by atoms with van der Waals surface area (Å²) in [6, 6.07) is 10.4. The molecule has 0 radical (unpaired) electrons. The summed E-state index contributed by atoms with van der Waals surface area (Å²) in [6.45, 7) is 3.04. The molecule has 3 nitrogen and oxygen atoms in total. The van der Waals surface area contributed by atoms with Crippen molar-refractivity contribution < 1.29 is 0 Å². The highest BCUT2D eigenvalue weighted by atomic mass is 14.9. The topological polar surface area (TPSA) is 50.9 Å². The van der Waals surface area contributed by atoms with Crippen LogP contribution in [0.4, 0.5) is 0 Å². The van der Waals surface area contributed by atoms with Crippen LogP contribution in [-0.2, 0) is 0 Å². The van der Waals surface area contributed by atoms with Crippen LogP contribution in [0.15, 0.2) is 36.5 Å². The van der Waals surface area contributed by atoms with Gasteiger partial charge in [-0.2, -0.15) is 0 Å². The van der Waals surface area contributed by atoms with Crippen LogP contribution in [0.1, 0.15) is 18.5 Å². The molecule has 3 heteroatoms. The number of rotatable bonds is 4. The zero-order valence-electron chi connectivity index (χ0n) is 10.5. The van der Waals surface area contributed by atoms with Crippen molar-refractivity contribution in [2.24, 2.45) is 5.73 Å². The molecule has 0 saturated carbocycles. The Labute approximate surface area is 107 Å². The van der Waals surface area contributed by atoms with Crippen molar-refractivity contribution in [3.8, 4) is 11.8 Å². The maximum atomic E-state index is 5.80. The van der Waals surface area contributed by atoms with Gasteiger partial charge in [-0.3, -0.25) is 10.3 Å². The van der Waals surface area contributed by atoms with E-state index < -0.39 is 0 Å². The first kappa shape index (κ1) is 12.6. The van der Waals surface area contributed by atoms with Crippen molar-refractivity contribution in [3.05, 3.63) is 42.1 Å². The zero-order chi connectivity index (χ0) is 12.8. The number of aromatic nitrogens is 1. The summed E-state index contributed by atoms with van der Waals surface area (Å²) in [4.78, 5) is 4.31. The molecule has 3 N–H and O–H groups in total. The molecule has 2 rings (SSSR count). The lowest BCUT2D eigenvalue weighted by atomic mass is 10.0. The van der Waals surface area contributed by atoms with Gasteiger partial charge < -0.3 is 5.73 Å². The Morgan fingerprint density at radius 3 is 3.06 bits per heavy atom. The summed E-state index contributed by atoms with van der Waals surface area (Å²) in [6.07, 6.45) is 1.80. The standard InChI is InChI=1S/C15H17N3/c1-2-3-8-18-15(11-16)13-6-7-14-12(10-13)5-4-9-17-14/h4-7,9-10,15,18H,8,11,16H2,1H3. The molecule has 1 heterocycles. The van der Waals surface area contributed by atoms with Crippen molar-refractivity contribution >= 4 is 10.9 Å². The summed E-state index contributed by atoms with van der Waals surface area (Å²) in [5, 5.41) is 4.47. The fraction of sp³-hybridized carbons (Fsp3) is 0.267. The molecule has 0 aliphatic carbocycles. The second kappa shape index (κ2) is 6.15. The molecule has 1 unspecified atom stereocenters. The number of pyridine rings is 1. The Balaban J connectivity index is 2.23. The monoisotopic (exact) mass is 239 g/mol. The van der Waals surface area contributed by atoms with Gasteiger partial charge in [0.15, 0.2) is 0 Å². The van der Waals surface area contributed by atoms with Gasteiger partial charge in [0.1, 0.15) is 0 Å². The van der Waals surface area contributed by atoms with Gasteiger partial charge in [0.2, 0.25) is 0 Å². The lowest BCUT2D eigenvalue weighted by Gasteiger charge is -2.16.